The average molecular weight is 442 g/mol. The van der Waals surface area contributed by atoms with Gasteiger partial charge in [0.15, 0.2) is 9.84 Å². The third-order valence-electron chi connectivity index (χ3n) is 6.77. The van der Waals surface area contributed by atoms with Crippen molar-refractivity contribution in [2.75, 3.05) is 0 Å². The van der Waals surface area contributed by atoms with E-state index in [1.807, 2.05) is 13.8 Å². The number of carbonyl (C=O) groups excluding carboxylic acids is 3. The molecule has 2 saturated heterocycles. The second-order valence-corrected chi connectivity index (χ2v) is 12.6. The van der Waals surface area contributed by atoms with Crippen molar-refractivity contribution < 1.29 is 22.8 Å². The Labute approximate surface area is 179 Å². The molecule has 3 unspecified atom stereocenters. The highest BCUT2D eigenvalue weighted by atomic mass is 32.2. The third-order valence-corrected chi connectivity index (χ3v) is 9.57. The number of nitrogens with one attached hydrogen (secondary N) is 2. The number of hydrogen-bond donors (Lipinski definition) is 2. The lowest BCUT2D eigenvalue weighted by Gasteiger charge is -2.37. The Hall–Kier alpha value is -1.64. The highest BCUT2D eigenvalue weighted by Gasteiger charge is 2.67. The average Bonchev–Trinajstić information content (AvgIpc) is 2.84. The van der Waals surface area contributed by atoms with E-state index in [1.165, 1.54) is 31.6 Å². The van der Waals surface area contributed by atoms with Crippen LogP contribution in [0.1, 0.15) is 79.1 Å². The van der Waals surface area contributed by atoms with E-state index < -0.39 is 37.9 Å². The van der Waals surface area contributed by atoms with Gasteiger partial charge in [0.1, 0.15) is 17.5 Å². The Morgan fingerprint density at radius 2 is 1.73 bits per heavy atom. The first-order chi connectivity index (χ1) is 14.0. The monoisotopic (exact) mass is 441 g/mol. The number of nitrogens with zero attached hydrogens (tertiary/aromatic N) is 1. The van der Waals surface area contributed by atoms with E-state index in [0.29, 0.717) is 6.42 Å². The summed E-state index contributed by atoms with van der Waals surface area (Å²) < 4.78 is 24.2. The summed E-state index contributed by atoms with van der Waals surface area (Å²) >= 11 is 0. The van der Waals surface area contributed by atoms with Crippen LogP contribution in [0.4, 0.5) is 0 Å². The Bertz CT molecular complexity index is 799. The van der Waals surface area contributed by atoms with Gasteiger partial charge in [-0.2, -0.15) is 0 Å². The minimum Gasteiger partial charge on any atom is -0.352 e. The number of sulfone groups is 1. The zero-order chi connectivity index (χ0) is 22.3. The van der Waals surface area contributed by atoms with Gasteiger partial charge in [-0.05, 0) is 39.0 Å². The van der Waals surface area contributed by atoms with Crippen molar-refractivity contribution in [1.29, 1.82) is 0 Å². The molecule has 3 rings (SSSR count). The van der Waals surface area contributed by atoms with Crippen LogP contribution in [0.2, 0.25) is 0 Å². The molecule has 0 aromatic carbocycles. The molecule has 0 aromatic rings. The van der Waals surface area contributed by atoms with Gasteiger partial charge < -0.3 is 15.5 Å². The Balaban J connectivity index is 1.75. The van der Waals surface area contributed by atoms with Crippen LogP contribution in [-0.4, -0.2) is 59.3 Å². The lowest BCUT2D eigenvalue weighted by Crippen LogP contribution is -2.62. The Kier molecular flexibility index (Phi) is 6.51. The van der Waals surface area contributed by atoms with E-state index in [2.05, 4.69) is 10.6 Å². The van der Waals surface area contributed by atoms with Gasteiger partial charge in [-0.15, -0.1) is 0 Å². The molecule has 2 aliphatic heterocycles. The van der Waals surface area contributed by atoms with Crippen molar-refractivity contribution in [3.8, 4) is 0 Å². The lowest BCUT2D eigenvalue weighted by molar-refractivity contribution is -0.150. The number of fused-ring (bicyclic) bond motifs is 1. The summed E-state index contributed by atoms with van der Waals surface area (Å²) in [6, 6.07) is -1.76. The van der Waals surface area contributed by atoms with Gasteiger partial charge in [0, 0.05) is 6.04 Å². The predicted octanol–water partition coefficient (Wildman–Crippen LogP) is 1.49. The van der Waals surface area contributed by atoms with Gasteiger partial charge in [-0.25, -0.2) is 8.42 Å². The Morgan fingerprint density at radius 1 is 1.13 bits per heavy atom. The molecule has 9 heteroatoms. The van der Waals surface area contributed by atoms with Crippen molar-refractivity contribution in [2.24, 2.45) is 5.92 Å². The lowest BCUT2D eigenvalue weighted by atomic mass is 9.96. The first kappa shape index (κ1) is 23.0. The molecule has 1 saturated carbocycles. The van der Waals surface area contributed by atoms with Gasteiger partial charge in [-0.3, -0.25) is 14.4 Å². The minimum absolute atomic E-state index is 0.0763. The Morgan fingerprint density at radius 3 is 2.27 bits per heavy atom. The van der Waals surface area contributed by atoms with E-state index in [1.54, 1.807) is 0 Å². The smallest absolute Gasteiger partial charge is 0.245 e. The maximum absolute atomic E-state index is 13.2. The molecule has 3 atom stereocenters. The normalized spacial score (nSPS) is 29.0. The zero-order valence-corrected chi connectivity index (χ0v) is 19.3. The molecule has 3 amide bonds. The molecule has 3 aliphatic rings. The van der Waals surface area contributed by atoms with Crippen LogP contribution in [-0.2, 0) is 24.2 Å². The maximum atomic E-state index is 13.2. The number of hydrogen-bond acceptors (Lipinski definition) is 5. The van der Waals surface area contributed by atoms with E-state index in [-0.39, 0.29) is 30.2 Å². The molecule has 1 aliphatic carbocycles. The van der Waals surface area contributed by atoms with Gasteiger partial charge in [-0.1, -0.05) is 39.5 Å². The van der Waals surface area contributed by atoms with E-state index in [4.69, 9.17) is 0 Å². The van der Waals surface area contributed by atoms with Crippen LogP contribution in [0.5, 0.6) is 0 Å². The summed E-state index contributed by atoms with van der Waals surface area (Å²) in [5, 5.41) is 4.94. The fraction of sp³-hybridized carbons (Fsp3) is 0.857. The molecular formula is C21H35N3O5S. The third kappa shape index (κ3) is 4.09. The van der Waals surface area contributed by atoms with Crippen LogP contribution < -0.4 is 10.6 Å². The molecular weight excluding hydrogens is 406 g/mol. The van der Waals surface area contributed by atoms with E-state index >= 15 is 0 Å². The second kappa shape index (κ2) is 8.48. The summed E-state index contributed by atoms with van der Waals surface area (Å²) in [6.07, 6.45) is 6.76. The molecule has 3 fully saturated rings. The van der Waals surface area contributed by atoms with Crippen LogP contribution in [0, 0.1) is 5.92 Å². The van der Waals surface area contributed by atoms with Crippen molar-refractivity contribution >= 4 is 27.6 Å². The minimum atomic E-state index is -3.65. The number of amides is 3. The van der Waals surface area contributed by atoms with E-state index in [0.717, 1.165) is 25.7 Å². The summed E-state index contributed by atoms with van der Waals surface area (Å²) in [4.78, 5) is 39.5. The maximum Gasteiger partial charge on any atom is 0.245 e. The largest absolute Gasteiger partial charge is 0.352 e. The van der Waals surface area contributed by atoms with Crippen LogP contribution in [0.15, 0.2) is 0 Å². The number of rotatable bonds is 6. The molecule has 8 nitrogen and oxygen atoms in total. The zero-order valence-electron chi connectivity index (χ0n) is 18.4. The molecule has 0 radical (unpaired) electrons. The topological polar surface area (TPSA) is 113 Å². The number of β-lactam (4-membered cyclic amide) rings is 1. The summed E-state index contributed by atoms with van der Waals surface area (Å²) in [5.41, 5.74) is 0. The quantitative estimate of drug-likeness (QED) is 0.479. The van der Waals surface area contributed by atoms with Gasteiger partial charge >= 0.3 is 0 Å². The van der Waals surface area contributed by atoms with Crippen molar-refractivity contribution in [2.45, 2.75) is 107 Å². The van der Waals surface area contributed by atoms with Crippen molar-refractivity contribution in [1.82, 2.24) is 15.5 Å². The first-order valence-corrected chi connectivity index (χ1v) is 12.7. The van der Waals surface area contributed by atoms with Crippen LogP contribution in [0.25, 0.3) is 0 Å². The van der Waals surface area contributed by atoms with Gasteiger partial charge in [0.2, 0.25) is 17.7 Å². The molecule has 30 heavy (non-hydrogen) atoms. The van der Waals surface area contributed by atoms with E-state index in [9.17, 15) is 22.8 Å². The van der Waals surface area contributed by atoms with Crippen molar-refractivity contribution in [3.63, 3.8) is 0 Å². The van der Waals surface area contributed by atoms with Crippen LogP contribution >= 0.6 is 0 Å². The van der Waals surface area contributed by atoms with Crippen LogP contribution in [0.3, 0.4) is 0 Å². The highest BCUT2D eigenvalue weighted by molar-refractivity contribution is 7.93. The highest BCUT2D eigenvalue weighted by Crippen LogP contribution is 2.45. The predicted molar refractivity (Wildman–Crippen MR) is 113 cm³/mol. The summed E-state index contributed by atoms with van der Waals surface area (Å²) in [7, 11) is -3.65. The van der Waals surface area contributed by atoms with Gasteiger partial charge in [0.25, 0.3) is 0 Å². The molecule has 170 valence electrons. The number of carbonyl (C=O) groups is 3. The fourth-order valence-electron chi connectivity index (χ4n) is 4.93. The molecule has 2 heterocycles. The SMILES string of the molecule is CC(C)CC(NC(=O)C1N2C(=O)CC2S(=O)(=O)C1(C)C)C(=O)NC1CCCCCC1. The summed E-state index contributed by atoms with van der Waals surface area (Å²) in [5.74, 6) is -0.971. The standard InChI is InChI=1S/C21H35N3O5S/c1-13(2)11-15(19(26)22-14-9-7-5-6-8-10-14)23-20(27)18-21(3,4)30(28,29)17-12-16(25)24(17)18/h13-15,17-18H,5-12H2,1-4H3,(H,22,26)(H,23,27). The first-order valence-electron chi connectivity index (χ1n) is 11.1. The van der Waals surface area contributed by atoms with Crippen molar-refractivity contribution in [3.05, 3.63) is 0 Å². The molecule has 2 N–H and O–H groups in total. The second-order valence-electron chi connectivity index (χ2n) is 9.90. The molecule has 0 spiro atoms. The molecule has 0 bridgehead atoms. The van der Waals surface area contributed by atoms with Gasteiger partial charge in [0.05, 0.1) is 11.2 Å². The fourth-order valence-corrected chi connectivity index (χ4v) is 7.07. The molecule has 0 aromatic heterocycles. The summed E-state index contributed by atoms with van der Waals surface area (Å²) in [6.45, 7) is 6.91.